The van der Waals surface area contributed by atoms with Gasteiger partial charge in [0.1, 0.15) is 0 Å². The van der Waals surface area contributed by atoms with Crippen LogP contribution in [0.5, 0.6) is 0 Å². The van der Waals surface area contributed by atoms with Crippen LogP contribution < -0.4 is 5.73 Å². The predicted octanol–water partition coefficient (Wildman–Crippen LogP) is 0.343. The Morgan fingerprint density at radius 3 is 3.08 bits per heavy atom. The van der Waals surface area contributed by atoms with E-state index >= 15 is 0 Å². The molecule has 0 fully saturated rings. The van der Waals surface area contributed by atoms with Gasteiger partial charge in [-0.1, -0.05) is 6.08 Å². The SMILES string of the molecule is CC1=NCC([C@H](N)CCO)C=C1. The van der Waals surface area contributed by atoms with Gasteiger partial charge in [0, 0.05) is 30.8 Å². The van der Waals surface area contributed by atoms with Crippen LogP contribution in [0.25, 0.3) is 0 Å². The summed E-state index contributed by atoms with van der Waals surface area (Å²) in [6.07, 6.45) is 4.73. The van der Waals surface area contributed by atoms with Gasteiger partial charge in [-0.15, -0.1) is 0 Å². The molecule has 0 saturated carbocycles. The van der Waals surface area contributed by atoms with E-state index in [1.807, 2.05) is 13.0 Å². The van der Waals surface area contributed by atoms with Crippen molar-refractivity contribution < 1.29 is 5.11 Å². The van der Waals surface area contributed by atoms with E-state index in [9.17, 15) is 0 Å². The molecule has 1 aliphatic heterocycles. The van der Waals surface area contributed by atoms with Crippen LogP contribution in [0.4, 0.5) is 0 Å². The fraction of sp³-hybridized carbons (Fsp3) is 0.667. The molecular weight excluding hydrogens is 152 g/mol. The van der Waals surface area contributed by atoms with E-state index in [-0.39, 0.29) is 12.6 Å². The first-order valence-electron chi connectivity index (χ1n) is 4.29. The summed E-state index contributed by atoms with van der Waals surface area (Å²) in [4.78, 5) is 4.28. The highest BCUT2D eigenvalue weighted by molar-refractivity contribution is 5.93. The Kier molecular flexibility index (Phi) is 3.44. The number of dihydropyridines is 1. The third-order valence-electron chi connectivity index (χ3n) is 2.15. The average molecular weight is 168 g/mol. The Balaban J connectivity index is 2.41. The second-order valence-electron chi connectivity index (χ2n) is 3.18. The minimum absolute atomic E-state index is 0.0445. The van der Waals surface area contributed by atoms with Crippen molar-refractivity contribution in [1.29, 1.82) is 0 Å². The largest absolute Gasteiger partial charge is 0.396 e. The second-order valence-corrected chi connectivity index (χ2v) is 3.18. The number of hydrogen-bond donors (Lipinski definition) is 2. The smallest absolute Gasteiger partial charge is 0.0470 e. The highest BCUT2D eigenvalue weighted by Crippen LogP contribution is 2.11. The third-order valence-corrected chi connectivity index (χ3v) is 2.15. The lowest BCUT2D eigenvalue weighted by atomic mass is 9.95. The summed E-state index contributed by atoms with van der Waals surface area (Å²) < 4.78 is 0. The van der Waals surface area contributed by atoms with Crippen molar-refractivity contribution in [3.8, 4) is 0 Å². The van der Waals surface area contributed by atoms with Crippen LogP contribution in [0, 0.1) is 5.92 Å². The van der Waals surface area contributed by atoms with Crippen LogP contribution in [0.2, 0.25) is 0 Å². The van der Waals surface area contributed by atoms with Crippen molar-refractivity contribution >= 4 is 5.71 Å². The molecule has 0 amide bonds. The van der Waals surface area contributed by atoms with E-state index in [1.54, 1.807) is 0 Å². The zero-order valence-electron chi connectivity index (χ0n) is 7.40. The van der Waals surface area contributed by atoms with E-state index in [2.05, 4.69) is 11.1 Å². The van der Waals surface area contributed by atoms with Gasteiger partial charge in [-0.3, -0.25) is 4.99 Å². The van der Waals surface area contributed by atoms with Gasteiger partial charge in [-0.2, -0.15) is 0 Å². The van der Waals surface area contributed by atoms with E-state index in [1.165, 1.54) is 0 Å². The van der Waals surface area contributed by atoms with Crippen LogP contribution >= 0.6 is 0 Å². The molecule has 0 aromatic carbocycles. The van der Waals surface area contributed by atoms with Gasteiger partial charge in [0.2, 0.25) is 0 Å². The molecule has 12 heavy (non-hydrogen) atoms. The summed E-state index contributed by atoms with van der Waals surface area (Å²) in [6.45, 7) is 2.90. The molecule has 0 saturated heterocycles. The van der Waals surface area contributed by atoms with Crippen LogP contribution in [-0.2, 0) is 0 Å². The molecule has 68 valence electrons. The number of aliphatic hydroxyl groups is 1. The molecule has 1 rings (SSSR count). The number of nitrogens with zero attached hydrogens (tertiary/aromatic N) is 1. The van der Waals surface area contributed by atoms with Crippen LogP contribution in [-0.4, -0.2) is 30.0 Å². The first-order chi connectivity index (χ1) is 5.74. The van der Waals surface area contributed by atoms with Crippen LogP contribution in [0.3, 0.4) is 0 Å². The second kappa shape index (κ2) is 4.38. The standard InChI is InChI=1S/C9H16N2O/c1-7-2-3-8(6-11-7)9(10)4-5-12/h2-3,8-9,12H,4-6,10H2,1H3/t8?,9-/m1/s1. The number of allylic oxidation sites excluding steroid dienone is 1. The van der Waals surface area contributed by atoms with Gasteiger partial charge in [-0.25, -0.2) is 0 Å². The monoisotopic (exact) mass is 168 g/mol. The zero-order chi connectivity index (χ0) is 8.97. The van der Waals surface area contributed by atoms with E-state index < -0.39 is 0 Å². The maximum absolute atomic E-state index is 8.68. The predicted molar refractivity (Wildman–Crippen MR) is 50.3 cm³/mol. The normalized spacial score (nSPS) is 25.2. The summed E-state index contributed by atoms with van der Waals surface area (Å²) in [5.41, 5.74) is 6.88. The summed E-state index contributed by atoms with van der Waals surface area (Å²) in [5.74, 6) is 0.306. The molecule has 3 N–H and O–H groups in total. The van der Waals surface area contributed by atoms with Gasteiger partial charge < -0.3 is 10.8 Å². The number of aliphatic imine (C=N–C) groups is 1. The molecule has 1 unspecified atom stereocenters. The molecule has 3 nitrogen and oxygen atoms in total. The molecule has 0 aromatic rings. The van der Waals surface area contributed by atoms with Crippen LogP contribution in [0.1, 0.15) is 13.3 Å². The summed E-state index contributed by atoms with van der Waals surface area (Å²) in [6, 6.07) is 0.0445. The lowest BCUT2D eigenvalue weighted by molar-refractivity contribution is 0.264. The number of nitrogens with two attached hydrogens (primary N) is 1. The minimum atomic E-state index is 0.0445. The molecule has 1 aliphatic rings. The Bertz CT molecular complexity index is 199. The highest BCUT2D eigenvalue weighted by atomic mass is 16.3. The third kappa shape index (κ3) is 2.43. The number of aliphatic hydroxyl groups excluding tert-OH is 1. The molecule has 1 heterocycles. The zero-order valence-corrected chi connectivity index (χ0v) is 7.40. The van der Waals surface area contributed by atoms with Crippen molar-refractivity contribution in [2.75, 3.05) is 13.2 Å². The van der Waals surface area contributed by atoms with Gasteiger partial charge in [0.05, 0.1) is 0 Å². The molecule has 3 heteroatoms. The highest BCUT2D eigenvalue weighted by Gasteiger charge is 2.15. The van der Waals surface area contributed by atoms with Gasteiger partial charge in [0.25, 0.3) is 0 Å². The Labute approximate surface area is 73.0 Å². The van der Waals surface area contributed by atoms with Crippen molar-refractivity contribution in [2.45, 2.75) is 19.4 Å². The number of hydrogen-bond acceptors (Lipinski definition) is 3. The van der Waals surface area contributed by atoms with Gasteiger partial charge in [-0.05, 0) is 19.4 Å². The van der Waals surface area contributed by atoms with E-state index in [4.69, 9.17) is 10.8 Å². The Hall–Kier alpha value is -0.670. The van der Waals surface area contributed by atoms with Gasteiger partial charge in [0.15, 0.2) is 0 Å². The average Bonchev–Trinajstić information content (AvgIpc) is 2.06. The molecule has 0 aliphatic carbocycles. The molecule has 0 radical (unpaired) electrons. The minimum Gasteiger partial charge on any atom is -0.396 e. The van der Waals surface area contributed by atoms with E-state index in [0.29, 0.717) is 12.3 Å². The molecule has 2 atom stereocenters. The lowest BCUT2D eigenvalue weighted by Gasteiger charge is -2.20. The fourth-order valence-electron chi connectivity index (χ4n) is 1.27. The maximum atomic E-state index is 8.68. The summed E-state index contributed by atoms with van der Waals surface area (Å²) in [7, 11) is 0. The fourth-order valence-corrected chi connectivity index (χ4v) is 1.27. The van der Waals surface area contributed by atoms with Crippen LogP contribution in [0.15, 0.2) is 17.1 Å². The molecule has 0 aromatic heterocycles. The quantitative estimate of drug-likeness (QED) is 0.638. The number of rotatable bonds is 3. The molecule has 0 spiro atoms. The van der Waals surface area contributed by atoms with E-state index in [0.717, 1.165) is 12.3 Å². The summed E-state index contributed by atoms with van der Waals surface area (Å²) >= 11 is 0. The summed E-state index contributed by atoms with van der Waals surface area (Å²) in [5, 5.41) is 8.68. The molecular formula is C9H16N2O. The molecule has 0 bridgehead atoms. The maximum Gasteiger partial charge on any atom is 0.0470 e. The van der Waals surface area contributed by atoms with Crippen molar-refractivity contribution in [1.82, 2.24) is 0 Å². The first kappa shape index (κ1) is 9.42. The lowest BCUT2D eigenvalue weighted by Crippen LogP contribution is -2.33. The van der Waals surface area contributed by atoms with Gasteiger partial charge >= 0.3 is 0 Å². The Morgan fingerprint density at radius 2 is 2.58 bits per heavy atom. The van der Waals surface area contributed by atoms with Crippen molar-refractivity contribution in [3.63, 3.8) is 0 Å². The topological polar surface area (TPSA) is 58.6 Å². The first-order valence-corrected chi connectivity index (χ1v) is 4.29. The van der Waals surface area contributed by atoms with Crippen molar-refractivity contribution in [2.24, 2.45) is 16.6 Å². The van der Waals surface area contributed by atoms with Crippen molar-refractivity contribution in [3.05, 3.63) is 12.2 Å². The Morgan fingerprint density at radius 1 is 1.83 bits per heavy atom.